The van der Waals surface area contributed by atoms with Crippen LogP contribution in [0.5, 0.6) is 11.6 Å². The summed E-state index contributed by atoms with van der Waals surface area (Å²) >= 11 is 0. The molecular formula is C12H8N4O3. The molecule has 0 saturated heterocycles. The number of aromatic nitrogens is 1. The second-order valence-electron chi connectivity index (χ2n) is 3.58. The maximum atomic E-state index is 10.9. The number of benzene rings is 1. The molecule has 2 rings (SSSR count). The first-order chi connectivity index (χ1) is 9.10. The van der Waals surface area contributed by atoms with Gasteiger partial charge < -0.3 is 10.5 Å². The van der Waals surface area contributed by atoms with Crippen LogP contribution in [0.4, 0.5) is 11.4 Å². The highest BCUT2D eigenvalue weighted by atomic mass is 16.6. The van der Waals surface area contributed by atoms with Crippen LogP contribution < -0.4 is 10.5 Å². The van der Waals surface area contributed by atoms with Gasteiger partial charge >= 0.3 is 5.69 Å². The molecule has 0 aliphatic carbocycles. The second kappa shape index (κ2) is 5.01. The van der Waals surface area contributed by atoms with Gasteiger partial charge in [0, 0.05) is 12.1 Å². The van der Waals surface area contributed by atoms with Crippen molar-refractivity contribution in [3.63, 3.8) is 0 Å². The first-order valence-electron chi connectivity index (χ1n) is 5.18. The number of nitriles is 1. The Morgan fingerprint density at radius 1 is 1.37 bits per heavy atom. The van der Waals surface area contributed by atoms with Gasteiger partial charge in [0.15, 0.2) is 0 Å². The smallest absolute Gasteiger partial charge is 0.312 e. The van der Waals surface area contributed by atoms with E-state index >= 15 is 0 Å². The molecule has 0 fully saturated rings. The van der Waals surface area contributed by atoms with Crippen molar-refractivity contribution in [1.29, 1.82) is 5.26 Å². The molecule has 94 valence electrons. The predicted octanol–water partition coefficient (Wildman–Crippen LogP) is 2.24. The predicted molar refractivity (Wildman–Crippen MR) is 66.5 cm³/mol. The third-order valence-corrected chi connectivity index (χ3v) is 2.26. The number of nitrogens with two attached hydrogens (primary N) is 1. The van der Waals surface area contributed by atoms with Crippen molar-refractivity contribution in [3.8, 4) is 17.7 Å². The van der Waals surface area contributed by atoms with E-state index in [1.165, 1.54) is 24.4 Å². The molecule has 1 aromatic heterocycles. The van der Waals surface area contributed by atoms with Gasteiger partial charge in [0.25, 0.3) is 0 Å². The summed E-state index contributed by atoms with van der Waals surface area (Å²) in [4.78, 5) is 14.2. The molecule has 1 aromatic carbocycles. The van der Waals surface area contributed by atoms with Gasteiger partial charge in [-0.1, -0.05) is 0 Å². The summed E-state index contributed by atoms with van der Waals surface area (Å²) in [6, 6.07) is 8.82. The first-order valence-corrected chi connectivity index (χ1v) is 5.18. The fraction of sp³-hybridized carbons (Fsp3) is 0. The molecular weight excluding hydrogens is 248 g/mol. The summed E-state index contributed by atoms with van der Waals surface area (Å²) in [5.74, 6) is 0.197. The van der Waals surface area contributed by atoms with Crippen molar-refractivity contribution >= 4 is 11.4 Å². The van der Waals surface area contributed by atoms with E-state index in [1.54, 1.807) is 6.07 Å². The number of nitro groups is 1. The standard InChI is InChI=1S/C12H8N4O3/c13-6-8-1-3-11(10(5-8)16(17)18)19-12-4-2-9(14)7-15-12/h1-5,7H,14H2. The number of hydrogen-bond acceptors (Lipinski definition) is 6. The van der Waals surface area contributed by atoms with Crippen LogP contribution in [-0.2, 0) is 0 Å². The van der Waals surface area contributed by atoms with E-state index in [0.717, 1.165) is 6.07 Å². The van der Waals surface area contributed by atoms with Crippen LogP contribution >= 0.6 is 0 Å². The summed E-state index contributed by atoms with van der Waals surface area (Å²) in [5, 5.41) is 19.6. The van der Waals surface area contributed by atoms with Gasteiger partial charge in [-0.15, -0.1) is 0 Å². The maximum absolute atomic E-state index is 10.9. The van der Waals surface area contributed by atoms with Gasteiger partial charge in [-0.2, -0.15) is 5.26 Å². The Labute approximate surface area is 108 Å². The van der Waals surface area contributed by atoms with Gasteiger partial charge in [-0.05, 0) is 18.2 Å². The number of rotatable bonds is 3. The van der Waals surface area contributed by atoms with Gasteiger partial charge in [-0.3, -0.25) is 10.1 Å². The molecule has 0 bridgehead atoms. The third kappa shape index (κ3) is 2.76. The fourth-order valence-corrected chi connectivity index (χ4v) is 1.38. The molecule has 19 heavy (non-hydrogen) atoms. The van der Waals surface area contributed by atoms with Crippen LogP contribution in [0.2, 0.25) is 0 Å². The van der Waals surface area contributed by atoms with E-state index in [1.807, 2.05) is 6.07 Å². The minimum absolute atomic E-state index is 0.0151. The van der Waals surface area contributed by atoms with Crippen LogP contribution in [0.1, 0.15) is 5.56 Å². The molecule has 0 spiro atoms. The molecule has 7 nitrogen and oxygen atoms in total. The quantitative estimate of drug-likeness (QED) is 0.665. The Balaban J connectivity index is 2.37. The van der Waals surface area contributed by atoms with Crippen LogP contribution in [0, 0.1) is 21.4 Å². The molecule has 0 aliphatic heterocycles. The second-order valence-corrected chi connectivity index (χ2v) is 3.58. The summed E-state index contributed by atoms with van der Waals surface area (Å²) in [6.45, 7) is 0. The van der Waals surface area contributed by atoms with Crippen LogP contribution in [0.15, 0.2) is 36.5 Å². The molecule has 0 atom stereocenters. The van der Waals surface area contributed by atoms with Crippen molar-refractivity contribution in [3.05, 3.63) is 52.2 Å². The number of nitrogens with zero attached hydrogens (tertiary/aromatic N) is 3. The number of hydrogen-bond donors (Lipinski definition) is 1. The summed E-state index contributed by atoms with van der Waals surface area (Å²) in [5.41, 5.74) is 5.82. The number of nitrogen functional groups attached to an aromatic ring is 1. The number of nitro benzene ring substituents is 1. The van der Waals surface area contributed by atoms with Crippen LogP contribution in [0.3, 0.4) is 0 Å². The summed E-state index contributed by atoms with van der Waals surface area (Å²) < 4.78 is 5.31. The zero-order valence-corrected chi connectivity index (χ0v) is 9.61. The number of anilines is 1. The molecule has 0 amide bonds. The minimum Gasteiger partial charge on any atom is -0.432 e. The Morgan fingerprint density at radius 2 is 2.16 bits per heavy atom. The zero-order valence-electron chi connectivity index (χ0n) is 9.61. The molecule has 0 unspecified atom stereocenters. The lowest BCUT2D eigenvalue weighted by molar-refractivity contribution is -0.385. The lowest BCUT2D eigenvalue weighted by atomic mass is 10.2. The van der Waals surface area contributed by atoms with Crippen LogP contribution in [0.25, 0.3) is 0 Å². The van der Waals surface area contributed by atoms with Gasteiger partial charge in [-0.25, -0.2) is 4.98 Å². The molecule has 7 heteroatoms. The Kier molecular flexibility index (Phi) is 3.25. The molecule has 1 heterocycles. The monoisotopic (exact) mass is 256 g/mol. The highest BCUT2D eigenvalue weighted by Crippen LogP contribution is 2.31. The van der Waals surface area contributed by atoms with E-state index in [9.17, 15) is 10.1 Å². The van der Waals surface area contributed by atoms with Gasteiger partial charge in [0.2, 0.25) is 11.6 Å². The zero-order chi connectivity index (χ0) is 13.8. The lowest BCUT2D eigenvalue weighted by Gasteiger charge is -2.05. The first kappa shape index (κ1) is 12.3. The summed E-state index contributed by atoms with van der Waals surface area (Å²) in [7, 11) is 0. The molecule has 2 N–H and O–H groups in total. The van der Waals surface area contributed by atoms with Crippen molar-refractivity contribution in [2.45, 2.75) is 0 Å². The van der Waals surface area contributed by atoms with E-state index < -0.39 is 4.92 Å². The highest BCUT2D eigenvalue weighted by Gasteiger charge is 2.17. The molecule has 0 aliphatic rings. The normalized spacial score (nSPS) is 9.63. The van der Waals surface area contributed by atoms with E-state index in [2.05, 4.69) is 4.98 Å². The number of pyridine rings is 1. The summed E-state index contributed by atoms with van der Waals surface area (Å²) in [6.07, 6.45) is 1.38. The van der Waals surface area contributed by atoms with Crippen molar-refractivity contribution < 1.29 is 9.66 Å². The molecule has 2 aromatic rings. The van der Waals surface area contributed by atoms with Gasteiger partial charge in [0.05, 0.1) is 28.4 Å². The van der Waals surface area contributed by atoms with E-state index in [4.69, 9.17) is 15.7 Å². The Hall–Kier alpha value is -3.14. The van der Waals surface area contributed by atoms with Crippen molar-refractivity contribution in [2.75, 3.05) is 5.73 Å². The molecule has 0 saturated carbocycles. The number of ether oxygens (including phenoxy) is 1. The van der Waals surface area contributed by atoms with Crippen molar-refractivity contribution in [1.82, 2.24) is 4.98 Å². The highest BCUT2D eigenvalue weighted by molar-refractivity contribution is 5.53. The largest absolute Gasteiger partial charge is 0.432 e. The van der Waals surface area contributed by atoms with E-state index in [0.29, 0.717) is 5.69 Å². The Bertz CT molecular complexity index is 662. The van der Waals surface area contributed by atoms with Crippen LogP contribution in [-0.4, -0.2) is 9.91 Å². The topological polar surface area (TPSA) is 115 Å². The van der Waals surface area contributed by atoms with Crippen molar-refractivity contribution in [2.24, 2.45) is 0 Å². The maximum Gasteiger partial charge on any atom is 0.312 e. The van der Waals surface area contributed by atoms with E-state index in [-0.39, 0.29) is 22.9 Å². The van der Waals surface area contributed by atoms with Gasteiger partial charge in [0.1, 0.15) is 0 Å². The SMILES string of the molecule is N#Cc1ccc(Oc2ccc(N)cn2)c([N+](=O)[O-])c1. The minimum atomic E-state index is -0.618. The molecule has 0 radical (unpaired) electrons. The Morgan fingerprint density at radius 3 is 2.74 bits per heavy atom. The average Bonchev–Trinajstić information content (AvgIpc) is 2.41. The fourth-order valence-electron chi connectivity index (χ4n) is 1.38. The lowest BCUT2D eigenvalue weighted by Crippen LogP contribution is -1.96. The average molecular weight is 256 g/mol. The third-order valence-electron chi connectivity index (χ3n) is 2.26.